The molecule has 0 saturated heterocycles. The summed E-state index contributed by atoms with van der Waals surface area (Å²) in [5, 5.41) is 14.9. The number of carboxylic acid groups (broad SMARTS) is 1. The Morgan fingerprint density at radius 3 is 2.39 bits per heavy atom. The molecule has 0 amide bonds. The average Bonchev–Trinajstić information content (AvgIpc) is 3.30. The average molecular weight is 570 g/mol. The zero-order valence-corrected chi connectivity index (χ0v) is 24.1. The third kappa shape index (κ3) is 6.37. The predicted molar refractivity (Wildman–Crippen MR) is 156 cm³/mol. The van der Waals surface area contributed by atoms with E-state index in [1.807, 2.05) is 24.4 Å². The fourth-order valence-corrected chi connectivity index (χ4v) is 5.93. The zero-order chi connectivity index (χ0) is 27.4. The Hall–Kier alpha value is -2.93. The fourth-order valence-electron chi connectivity index (χ4n) is 4.37. The monoisotopic (exact) mass is 568 g/mol. The summed E-state index contributed by atoms with van der Waals surface area (Å²) in [5.74, 6) is 1.22. The number of carbonyl (C=O) groups is 1. The van der Waals surface area contributed by atoms with E-state index in [0.29, 0.717) is 27.9 Å². The maximum atomic E-state index is 11.3. The second kappa shape index (κ2) is 12.3. The van der Waals surface area contributed by atoms with E-state index in [1.165, 1.54) is 5.56 Å². The lowest BCUT2D eigenvalue weighted by molar-refractivity contribution is 0.0696. The van der Waals surface area contributed by atoms with Gasteiger partial charge in [-0.3, -0.25) is 0 Å². The van der Waals surface area contributed by atoms with Crippen molar-refractivity contribution >= 4 is 40.9 Å². The van der Waals surface area contributed by atoms with Crippen molar-refractivity contribution in [1.29, 1.82) is 0 Å². The van der Waals surface area contributed by atoms with E-state index in [9.17, 15) is 9.90 Å². The molecule has 0 spiro atoms. The van der Waals surface area contributed by atoms with Gasteiger partial charge in [0.2, 0.25) is 0 Å². The zero-order valence-electron chi connectivity index (χ0n) is 21.7. The molecule has 1 atom stereocenters. The van der Waals surface area contributed by atoms with E-state index in [1.54, 1.807) is 46.8 Å². The number of carboxylic acids is 1. The molecule has 8 heteroatoms. The summed E-state index contributed by atoms with van der Waals surface area (Å²) in [5.41, 5.74) is 5.31. The lowest BCUT2D eigenvalue weighted by atomic mass is 9.98. The van der Waals surface area contributed by atoms with Gasteiger partial charge in [0.05, 0.1) is 27.5 Å². The Morgan fingerprint density at radius 1 is 1.03 bits per heavy atom. The maximum absolute atomic E-state index is 11.3. The van der Waals surface area contributed by atoms with Crippen LogP contribution in [0.15, 0.2) is 71.8 Å². The number of benzene rings is 3. The number of para-hydroxylation sites is 1. The van der Waals surface area contributed by atoms with E-state index in [0.717, 1.165) is 33.2 Å². The van der Waals surface area contributed by atoms with Crippen molar-refractivity contribution in [3.05, 3.63) is 105 Å². The van der Waals surface area contributed by atoms with E-state index in [-0.39, 0.29) is 11.8 Å². The van der Waals surface area contributed by atoms with Crippen LogP contribution in [0.3, 0.4) is 0 Å². The summed E-state index contributed by atoms with van der Waals surface area (Å²) in [6.45, 7) is 8.82. The van der Waals surface area contributed by atoms with Crippen LogP contribution in [-0.4, -0.2) is 26.6 Å². The van der Waals surface area contributed by atoms with Crippen LogP contribution in [0.25, 0.3) is 5.69 Å². The molecule has 0 fully saturated rings. The van der Waals surface area contributed by atoms with Gasteiger partial charge < -0.3 is 9.84 Å². The van der Waals surface area contributed by atoms with Gasteiger partial charge in [0.25, 0.3) is 0 Å². The first-order valence-electron chi connectivity index (χ1n) is 12.4. The second-order valence-corrected chi connectivity index (χ2v) is 11.4. The van der Waals surface area contributed by atoms with Crippen molar-refractivity contribution in [3.8, 4) is 11.4 Å². The Morgan fingerprint density at radius 2 is 1.74 bits per heavy atom. The van der Waals surface area contributed by atoms with Crippen molar-refractivity contribution in [2.45, 2.75) is 51.0 Å². The number of halogens is 2. The van der Waals surface area contributed by atoms with Crippen LogP contribution in [0, 0.1) is 6.92 Å². The molecule has 3 aromatic carbocycles. The van der Waals surface area contributed by atoms with Gasteiger partial charge in [0, 0.05) is 10.6 Å². The van der Waals surface area contributed by atoms with Gasteiger partial charge >= 0.3 is 5.97 Å². The Balaban J connectivity index is 1.48. The number of hydrogen-bond acceptors (Lipinski definition) is 4. The third-order valence-corrected chi connectivity index (χ3v) is 8.27. The van der Waals surface area contributed by atoms with Crippen molar-refractivity contribution in [1.82, 2.24) is 9.78 Å². The van der Waals surface area contributed by atoms with Gasteiger partial charge in [0.15, 0.2) is 0 Å². The van der Waals surface area contributed by atoms with Crippen LogP contribution >= 0.6 is 35.0 Å². The van der Waals surface area contributed by atoms with Crippen molar-refractivity contribution in [2.24, 2.45) is 0 Å². The summed E-state index contributed by atoms with van der Waals surface area (Å²) < 4.78 is 8.03. The molecule has 38 heavy (non-hydrogen) atoms. The van der Waals surface area contributed by atoms with Crippen LogP contribution in [0.2, 0.25) is 10.0 Å². The van der Waals surface area contributed by atoms with E-state index in [2.05, 4.69) is 44.9 Å². The van der Waals surface area contributed by atoms with Crippen LogP contribution in [0.1, 0.15) is 65.3 Å². The van der Waals surface area contributed by atoms with E-state index < -0.39 is 5.97 Å². The van der Waals surface area contributed by atoms with Gasteiger partial charge in [-0.15, -0.1) is 11.8 Å². The van der Waals surface area contributed by atoms with Crippen LogP contribution in [0.5, 0.6) is 5.75 Å². The van der Waals surface area contributed by atoms with Gasteiger partial charge in [-0.25, -0.2) is 9.48 Å². The van der Waals surface area contributed by atoms with Crippen LogP contribution < -0.4 is 4.74 Å². The van der Waals surface area contributed by atoms with Crippen molar-refractivity contribution in [3.63, 3.8) is 0 Å². The van der Waals surface area contributed by atoms with Gasteiger partial charge in [-0.05, 0) is 77.9 Å². The maximum Gasteiger partial charge on any atom is 0.335 e. The SMILES string of the molecule is Cc1cc(OCc2c(C(C)C)cnn2-c2c(Cl)cccc2Cl)ccc1C(C)CSc1cccc(C(=O)O)c1. The summed E-state index contributed by atoms with van der Waals surface area (Å²) in [6, 6.07) is 18.6. The van der Waals surface area contributed by atoms with E-state index >= 15 is 0 Å². The Bertz CT molecular complexity index is 1430. The first kappa shape index (κ1) is 28.1. The molecule has 0 aliphatic rings. The minimum Gasteiger partial charge on any atom is -0.487 e. The first-order chi connectivity index (χ1) is 18.2. The largest absolute Gasteiger partial charge is 0.487 e. The molecular formula is C30H30Cl2N2O3S. The topological polar surface area (TPSA) is 64.4 Å². The lowest BCUT2D eigenvalue weighted by Gasteiger charge is -2.17. The smallest absolute Gasteiger partial charge is 0.335 e. The normalized spacial score (nSPS) is 12.1. The molecule has 4 rings (SSSR count). The number of aromatic carboxylic acids is 1. The van der Waals surface area contributed by atoms with Gasteiger partial charge in [-0.1, -0.05) is 62.2 Å². The molecule has 5 nitrogen and oxygen atoms in total. The number of aromatic nitrogens is 2. The number of rotatable bonds is 10. The molecule has 1 unspecified atom stereocenters. The van der Waals surface area contributed by atoms with Gasteiger partial charge in [-0.2, -0.15) is 5.10 Å². The minimum atomic E-state index is -0.912. The predicted octanol–water partition coefficient (Wildman–Crippen LogP) is 8.78. The molecule has 0 saturated carbocycles. The van der Waals surface area contributed by atoms with E-state index in [4.69, 9.17) is 27.9 Å². The fraction of sp³-hybridized carbons (Fsp3) is 0.267. The summed E-state index contributed by atoms with van der Waals surface area (Å²) >= 11 is 14.6. The Kier molecular flexibility index (Phi) is 9.08. The highest BCUT2D eigenvalue weighted by molar-refractivity contribution is 7.99. The second-order valence-electron chi connectivity index (χ2n) is 9.54. The Labute approximate surface area is 237 Å². The van der Waals surface area contributed by atoms with Crippen LogP contribution in [-0.2, 0) is 6.61 Å². The summed E-state index contributed by atoms with van der Waals surface area (Å²) in [4.78, 5) is 12.2. The molecule has 0 bridgehead atoms. The molecular weight excluding hydrogens is 539 g/mol. The number of aryl methyl sites for hydroxylation is 1. The number of nitrogens with zero attached hydrogens (tertiary/aromatic N) is 2. The highest BCUT2D eigenvalue weighted by Gasteiger charge is 2.19. The standard InChI is InChI=1S/C30H30Cl2N2O3S/c1-18(2)25-15-33-34(29-26(31)9-6-10-27(29)32)28(25)16-37-22-11-12-24(19(3)13-22)20(4)17-38-23-8-5-7-21(14-23)30(35)36/h5-15,18,20H,16-17H2,1-4H3,(H,35,36). The summed E-state index contributed by atoms with van der Waals surface area (Å²) in [6.07, 6.45) is 1.85. The molecule has 0 aliphatic heterocycles. The van der Waals surface area contributed by atoms with Crippen molar-refractivity contribution in [2.75, 3.05) is 5.75 Å². The molecule has 198 valence electrons. The van der Waals surface area contributed by atoms with Gasteiger partial charge in [0.1, 0.15) is 18.0 Å². The van der Waals surface area contributed by atoms with Crippen molar-refractivity contribution < 1.29 is 14.6 Å². The van der Waals surface area contributed by atoms with Crippen LogP contribution in [0.4, 0.5) is 0 Å². The molecule has 0 aliphatic carbocycles. The number of hydrogen-bond donors (Lipinski definition) is 1. The first-order valence-corrected chi connectivity index (χ1v) is 14.1. The molecule has 1 N–H and O–H groups in total. The molecule has 1 heterocycles. The molecule has 1 aromatic heterocycles. The number of ether oxygens (including phenoxy) is 1. The lowest BCUT2D eigenvalue weighted by Crippen LogP contribution is -2.09. The molecule has 4 aromatic rings. The summed E-state index contributed by atoms with van der Waals surface area (Å²) in [7, 11) is 0. The third-order valence-electron chi connectivity index (χ3n) is 6.40. The highest BCUT2D eigenvalue weighted by atomic mass is 35.5. The minimum absolute atomic E-state index is 0.252. The highest BCUT2D eigenvalue weighted by Crippen LogP contribution is 2.33. The molecule has 0 radical (unpaired) electrons. The number of thioether (sulfide) groups is 1. The quantitative estimate of drug-likeness (QED) is 0.193.